The molecule has 0 radical (unpaired) electrons. The van der Waals surface area contributed by atoms with Crippen molar-refractivity contribution in [3.63, 3.8) is 0 Å². The minimum Gasteiger partial charge on any atom is -0.348 e. The number of imidazole rings is 1. The zero-order valence-corrected chi connectivity index (χ0v) is 17.9. The number of hydrogen-bond acceptors (Lipinski definition) is 5. The summed E-state index contributed by atoms with van der Waals surface area (Å²) in [5.41, 5.74) is 3.39. The molecule has 32 heavy (non-hydrogen) atoms. The van der Waals surface area contributed by atoms with Gasteiger partial charge in [0.2, 0.25) is 0 Å². The molecule has 2 aromatic carbocycles. The van der Waals surface area contributed by atoms with Crippen LogP contribution in [-0.2, 0) is 6.54 Å². The maximum atomic E-state index is 12.8. The number of benzene rings is 2. The van der Waals surface area contributed by atoms with Crippen LogP contribution in [0.4, 0.5) is 0 Å². The van der Waals surface area contributed by atoms with E-state index in [9.17, 15) is 4.79 Å². The molecule has 5 aromatic rings. The zero-order valence-electron chi connectivity index (χ0n) is 17.1. The van der Waals surface area contributed by atoms with Gasteiger partial charge in [-0.25, -0.2) is 15.0 Å². The Hall–Kier alpha value is -3.97. The lowest BCUT2D eigenvalue weighted by atomic mass is 10.2. The fourth-order valence-corrected chi connectivity index (χ4v) is 4.23. The monoisotopic (exact) mass is 437 g/mol. The Bertz CT molecular complexity index is 1370. The predicted octanol–water partition coefficient (Wildman–Crippen LogP) is 4.90. The van der Waals surface area contributed by atoms with E-state index < -0.39 is 0 Å². The van der Waals surface area contributed by atoms with Gasteiger partial charge in [-0.1, -0.05) is 48.2 Å². The van der Waals surface area contributed by atoms with Crippen molar-refractivity contribution in [2.45, 2.75) is 16.5 Å². The molecule has 0 bridgehead atoms. The third-order valence-corrected chi connectivity index (χ3v) is 5.96. The van der Waals surface area contributed by atoms with Crippen molar-refractivity contribution in [1.29, 1.82) is 0 Å². The average molecular weight is 438 g/mol. The summed E-state index contributed by atoms with van der Waals surface area (Å²) in [7, 11) is 0. The van der Waals surface area contributed by atoms with Gasteiger partial charge in [0.05, 0.1) is 16.6 Å². The first-order valence-electron chi connectivity index (χ1n) is 10.1. The molecule has 6 nitrogen and oxygen atoms in total. The highest BCUT2D eigenvalue weighted by Crippen LogP contribution is 2.28. The van der Waals surface area contributed by atoms with Crippen LogP contribution in [0.25, 0.3) is 16.9 Å². The summed E-state index contributed by atoms with van der Waals surface area (Å²) in [5, 5.41) is 3.65. The van der Waals surface area contributed by atoms with E-state index in [-0.39, 0.29) is 5.91 Å². The standard InChI is InChI=1S/C25H19N5OS/c31-24(20-9-6-14-26-25(20)32-19-7-2-1-3-8-19)28-16-18-12-13-23(27-15-18)30-17-29-21-10-4-5-11-22(21)30/h1-15,17H,16H2,(H,28,31). The molecular formula is C25H19N5OS. The highest BCUT2D eigenvalue weighted by Gasteiger charge is 2.13. The first-order valence-corrected chi connectivity index (χ1v) is 10.9. The van der Waals surface area contributed by atoms with Crippen LogP contribution in [0.15, 0.2) is 108 Å². The van der Waals surface area contributed by atoms with Crippen LogP contribution in [0.3, 0.4) is 0 Å². The Morgan fingerprint density at radius 3 is 2.56 bits per heavy atom. The van der Waals surface area contributed by atoms with E-state index in [4.69, 9.17) is 0 Å². The van der Waals surface area contributed by atoms with Crippen molar-refractivity contribution in [3.05, 3.63) is 109 Å². The summed E-state index contributed by atoms with van der Waals surface area (Å²) in [6.45, 7) is 0.376. The maximum Gasteiger partial charge on any atom is 0.254 e. The molecule has 3 aromatic heterocycles. The Balaban J connectivity index is 1.28. The minimum atomic E-state index is -0.166. The summed E-state index contributed by atoms with van der Waals surface area (Å²) >= 11 is 1.47. The minimum absolute atomic E-state index is 0.166. The highest BCUT2D eigenvalue weighted by atomic mass is 32.2. The second kappa shape index (κ2) is 9.03. The largest absolute Gasteiger partial charge is 0.348 e. The molecule has 0 saturated heterocycles. The van der Waals surface area contributed by atoms with E-state index in [0.29, 0.717) is 17.1 Å². The number of nitrogens with zero attached hydrogens (tertiary/aromatic N) is 4. The Kier molecular flexibility index (Phi) is 5.63. The molecule has 1 N–H and O–H groups in total. The smallest absolute Gasteiger partial charge is 0.254 e. The van der Waals surface area contributed by atoms with Crippen molar-refractivity contribution in [2.24, 2.45) is 0 Å². The van der Waals surface area contributed by atoms with Gasteiger partial charge in [0.25, 0.3) is 5.91 Å². The van der Waals surface area contributed by atoms with Gasteiger partial charge in [-0.3, -0.25) is 9.36 Å². The molecule has 156 valence electrons. The van der Waals surface area contributed by atoms with Gasteiger partial charge < -0.3 is 5.32 Å². The fraction of sp³-hybridized carbons (Fsp3) is 0.0400. The van der Waals surface area contributed by atoms with Crippen molar-refractivity contribution in [1.82, 2.24) is 24.8 Å². The third kappa shape index (κ3) is 4.24. The number of carbonyl (C=O) groups is 1. The molecule has 0 atom stereocenters. The molecule has 0 saturated carbocycles. The molecule has 0 spiro atoms. The Morgan fingerprint density at radius 1 is 0.875 bits per heavy atom. The van der Waals surface area contributed by atoms with Crippen LogP contribution in [-0.4, -0.2) is 25.4 Å². The second-order valence-electron chi connectivity index (χ2n) is 7.08. The van der Waals surface area contributed by atoms with Crippen LogP contribution in [0.5, 0.6) is 0 Å². The van der Waals surface area contributed by atoms with Gasteiger partial charge in [-0.05, 0) is 48.0 Å². The quantitative estimate of drug-likeness (QED) is 0.409. The second-order valence-corrected chi connectivity index (χ2v) is 8.14. The lowest BCUT2D eigenvalue weighted by molar-refractivity contribution is 0.0947. The number of para-hydroxylation sites is 2. The number of carbonyl (C=O) groups excluding carboxylic acids is 1. The SMILES string of the molecule is O=C(NCc1ccc(-n2cnc3ccccc32)nc1)c1cccnc1Sc1ccccc1. The Morgan fingerprint density at radius 2 is 1.72 bits per heavy atom. The summed E-state index contributed by atoms with van der Waals surface area (Å²) in [4.78, 5) is 27.2. The number of nitrogens with one attached hydrogen (secondary N) is 1. The van der Waals surface area contributed by atoms with Gasteiger partial charge in [-0.15, -0.1) is 0 Å². The average Bonchev–Trinajstić information content (AvgIpc) is 3.28. The van der Waals surface area contributed by atoms with E-state index in [0.717, 1.165) is 27.3 Å². The topological polar surface area (TPSA) is 72.7 Å². The molecule has 0 unspecified atom stereocenters. The van der Waals surface area contributed by atoms with E-state index in [2.05, 4.69) is 20.3 Å². The molecule has 3 heterocycles. The maximum absolute atomic E-state index is 12.8. The summed E-state index contributed by atoms with van der Waals surface area (Å²) in [6.07, 6.45) is 5.24. The van der Waals surface area contributed by atoms with Crippen molar-refractivity contribution < 1.29 is 4.79 Å². The van der Waals surface area contributed by atoms with Crippen molar-refractivity contribution in [3.8, 4) is 5.82 Å². The van der Waals surface area contributed by atoms with Crippen molar-refractivity contribution >= 4 is 28.7 Å². The molecular weight excluding hydrogens is 418 g/mol. The van der Waals surface area contributed by atoms with Gasteiger partial charge in [-0.2, -0.15) is 0 Å². The lowest BCUT2D eigenvalue weighted by Crippen LogP contribution is -2.23. The van der Waals surface area contributed by atoms with Gasteiger partial charge in [0, 0.05) is 23.8 Å². The Labute approximate surface area is 189 Å². The highest BCUT2D eigenvalue weighted by molar-refractivity contribution is 7.99. The van der Waals surface area contributed by atoms with Crippen LogP contribution in [0.1, 0.15) is 15.9 Å². The number of fused-ring (bicyclic) bond motifs is 1. The van der Waals surface area contributed by atoms with Crippen LogP contribution in [0, 0.1) is 0 Å². The number of aromatic nitrogens is 4. The number of hydrogen-bond donors (Lipinski definition) is 1. The van der Waals surface area contributed by atoms with E-state index in [1.165, 1.54) is 11.8 Å². The molecule has 0 aliphatic heterocycles. The van der Waals surface area contributed by atoms with Gasteiger partial charge >= 0.3 is 0 Å². The number of pyridine rings is 2. The zero-order chi connectivity index (χ0) is 21.8. The molecule has 0 fully saturated rings. The van der Waals surface area contributed by atoms with E-state index in [1.54, 1.807) is 30.9 Å². The van der Waals surface area contributed by atoms with Crippen molar-refractivity contribution in [2.75, 3.05) is 0 Å². The normalized spacial score (nSPS) is 10.9. The molecule has 1 amide bonds. The molecule has 0 aliphatic rings. The summed E-state index contributed by atoms with van der Waals surface area (Å²) < 4.78 is 1.94. The first-order chi connectivity index (χ1) is 15.8. The first kappa shape index (κ1) is 20.0. The number of rotatable bonds is 6. The molecule has 5 rings (SSSR count). The summed E-state index contributed by atoms with van der Waals surface area (Å²) in [5.74, 6) is 0.615. The third-order valence-electron chi connectivity index (χ3n) is 4.94. The van der Waals surface area contributed by atoms with Crippen LogP contribution >= 0.6 is 11.8 Å². The fourth-order valence-electron chi connectivity index (χ4n) is 3.33. The number of amides is 1. The molecule has 0 aliphatic carbocycles. The van der Waals surface area contributed by atoms with Crippen LogP contribution < -0.4 is 5.32 Å². The van der Waals surface area contributed by atoms with E-state index in [1.807, 2.05) is 71.3 Å². The molecule has 7 heteroatoms. The summed E-state index contributed by atoms with van der Waals surface area (Å²) in [6, 6.07) is 25.3. The van der Waals surface area contributed by atoms with E-state index >= 15 is 0 Å². The predicted molar refractivity (Wildman–Crippen MR) is 125 cm³/mol. The van der Waals surface area contributed by atoms with Gasteiger partial charge in [0.15, 0.2) is 0 Å². The van der Waals surface area contributed by atoms with Crippen LogP contribution in [0.2, 0.25) is 0 Å². The lowest BCUT2D eigenvalue weighted by Gasteiger charge is -2.10. The van der Waals surface area contributed by atoms with Gasteiger partial charge in [0.1, 0.15) is 17.2 Å².